The van der Waals surface area contributed by atoms with Crippen molar-refractivity contribution < 1.29 is 4.74 Å². The van der Waals surface area contributed by atoms with Crippen molar-refractivity contribution >= 4 is 23.5 Å². The first-order valence-electron chi connectivity index (χ1n) is 6.91. The number of ether oxygens (including phenoxy) is 1. The Bertz CT molecular complexity index is 504. The number of nitrogens with zero attached hydrogens (tertiary/aromatic N) is 2. The van der Waals surface area contributed by atoms with Crippen LogP contribution in [0.3, 0.4) is 0 Å². The van der Waals surface area contributed by atoms with E-state index in [1.807, 2.05) is 0 Å². The molecule has 1 aliphatic rings. The molecule has 20 heavy (non-hydrogen) atoms. The first kappa shape index (κ1) is 15.0. The zero-order chi connectivity index (χ0) is 14.5. The van der Waals surface area contributed by atoms with Gasteiger partial charge in [-0.15, -0.1) is 0 Å². The van der Waals surface area contributed by atoms with Gasteiger partial charge in [-0.2, -0.15) is 5.10 Å². The number of aromatic nitrogens is 1. The molecule has 1 fully saturated rings. The number of nitrogens with one attached hydrogen (secondary N) is 2. The van der Waals surface area contributed by atoms with E-state index in [0.717, 1.165) is 25.1 Å². The van der Waals surface area contributed by atoms with Gasteiger partial charge in [0.15, 0.2) is 5.11 Å². The highest BCUT2D eigenvalue weighted by Crippen LogP contribution is 2.19. The van der Waals surface area contributed by atoms with Gasteiger partial charge in [0.2, 0.25) is 0 Å². The summed E-state index contributed by atoms with van der Waals surface area (Å²) >= 11 is 4.97. The highest BCUT2D eigenvalue weighted by molar-refractivity contribution is 7.80. The summed E-state index contributed by atoms with van der Waals surface area (Å²) in [6, 6.07) is 2.14. The van der Waals surface area contributed by atoms with Crippen LogP contribution in [0.5, 0.6) is 0 Å². The third-order valence-corrected chi connectivity index (χ3v) is 3.92. The van der Waals surface area contributed by atoms with Crippen LogP contribution in [0, 0.1) is 13.8 Å². The SMILES string of the molecule is CNC(=S)N/N=C\c1cc(C)n(C[C@@H]2CCCO2)c1C. The van der Waals surface area contributed by atoms with Crippen molar-refractivity contribution in [3.63, 3.8) is 0 Å². The van der Waals surface area contributed by atoms with Crippen LogP contribution in [0.1, 0.15) is 29.8 Å². The normalized spacial score (nSPS) is 18.6. The minimum atomic E-state index is 0.347. The number of aryl methyl sites for hydroxylation is 1. The van der Waals surface area contributed by atoms with E-state index in [9.17, 15) is 0 Å². The average molecular weight is 294 g/mol. The van der Waals surface area contributed by atoms with E-state index in [-0.39, 0.29) is 0 Å². The summed E-state index contributed by atoms with van der Waals surface area (Å²) < 4.78 is 8.01. The number of thiocarbonyl (C=S) groups is 1. The summed E-state index contributed by atoms with van der Waals surface area (Å²) in [6.45, 7) is 6.04. The van der Waals surface area contributed by atoms with Crippen LogP contribution < -0.4 is 10.7 Å². The second-order valence-electron chi connectivity index (χ2n) is 5.02. The zero-order valence-electron chi connectivity index (χ0n) is 12.3. The fraction of sp³-hybridized carbons (Fsp3) is 0.571. The molecule has 2 N–H and O–H groups in total. The van der Waals surface area contributed by atoms with Crippen molar-refractivity contribution in [2.45, 2.75) is 39.3 Å². The van der Waals surface area contributed by atoms with Crippen molar-refractivity contribution in [1.82, 2.24) is 15.3 Å². The topological polar surface area (TPSA) is 50.6 Å². The van der Waals surface area contributed by atoms with E-state index in [1.54, 1.807) is 13.3 Å². The van der Waals surface area contributed by atoms with Gasteiger partial charge in [0.05, 0.1) is 12.3 Å². The number of hydrazone groups is 1. The molecule has 1 aromatic heterocycles. The fourth-order valence-corrected chi connectivity index (χ4v) is 2.50. The molecule has 5 nitrogen and oxygen atoms in total. The van der Waals surface area contributed by atoms with Crippen molar-refractivity contribution in [2.24, 2.45) is 5.10 Å². The molecule has 1 aliphatic heterocycles. The van der Waals surface area contributed by atoms with Gasteiger partial charge < -0.3 is 14.6 Å². The number of hydrogen-bond acceptors (Lipinski definition) is 3. The Morgan fingerprint density at radius 2 is 2.40 bits per heavy atom. The molecule has 2 rings (SSSR count). The largest absolute Gasteiger partial charge is 0.376 e. The van der Waals surface area contributed by atoms with Crippen LogP contribution >= 0.6 is 12.2 Å². The molecule has 0 aromatic carbocycles. The molecule has 1 aromatic rings. The molecule has 110 valence electrons. The summed E-state index contributed by atoms with van der Waals surface area (Å²) in [4.78, 5) is 0. The van der Waals surface area contributed by atoms with E-state index in [4.69, 9.17) is 17.0 Å². The number of hydrogen-bond donors (Lipinski definition) is 2. The van der Waals surface area contributed by atoms with Gasteiger partial charge in [-0.25, -0.2) is 0 Å². The molecule has 0 bridgehead atoms. The van der Waals surface area contributed by atoms with Crippen LogP contribution in [0.25, 0.3) is 0 Å². The highest BCUT2D eigenvalue weighted by Gasteiger charge is 2.18. The van der Waals surface area contributed by atoms with E-state index < -0.39 is 0 Å². The lowest BCUT2D eigenvalue weighted by molar-refractivity contribution is 0.0962. The van der Waals surface area contributed by atoms with Crippen molar-refractivity contribution in [2.75, 3.05) is 13.7 Å². The van der Waals surface area contributed by atoms with Gasteiger partial charge >= 0.3 is 0 Å². The second-order valence-corrected chi connectivity index (χ2v) is 5.43. The second kappa shape index (κ2) is 6.85. The summed E-state index contributed by atoms with van der Waals surface area (Å²) in [6.07, 6.45) is 4.47. The van der Waals surface area contributed by atoms with Crippen molar-refractivity contribution in [3.8, 4) is 0 Å². The first-order chi connectivity index (χ1) is 9.61. The summed E-state index contributed by atoms with van der Waals surface area (Å²) in [5.41, 5.74) is 6.31. The van der Waals surface area contributed by atoms with Gasteiger partial charge in [0.1, 0.15) is 0 Å². The lowest BCUT2D eigenvalue weighted by atomic mass is 10.2. The minimum absolute atomic E-state index is 0.347. The Kier molecular flexibility index (Phi) is 5.14. The predicted molar refractivity (Wildman–Crippen MR) is 85.3 cm³/mol. The Morgan fingerprint density at radius 3 is 3.05 bits per heavy atom. The van der Waals surface area contributed by atoms with Crippen LogP contribution in [0.2, 0.25) is 0 Å². The lowest BCUT2D eigenvalue weighted by Crippen LogP contribution is -2.28. The molecular weight excluding hydrogens is 272 g/mol. The van der Waals surface area contributed by atoms with Gasteiger partial charge in [0, 0.05) is 37.2 Å². The zero-order valence-corrected chi connectivity index (χ0v) is 13.1. The molecule has 0 aliphatic carbocycles. The average Bonchev–Trinajstić information content (AvgIpc) is 3.03. The quantitative estimate of drug-likeness (QED) is 0.504. The fourth-order valence-electron chi connectivity index (χ4n) is 2.45. The molecule has 0 unspecified atom stereocenters. The van der Waals surface area contributed by atoms with Crippen LogP contribution in [-0.2, 0) is 11.3 Å². The van der Waals surface area contributed by atoms with Gasteiger partial charge in [-0.05, 0) is 45.0 Å². The maximum atomic E-state index is 5.71. The summed E-state index contributed by atoms with van der Waals surface area (Å²) in [5, 5.41) is 7.46. The molecule has 1 saturated heterocycles. The standard InChI is InChI=1S/C14H22N4OS/c1-10-7-12(8-16-17-14(20)15-3)11(2)18(10)9-13-5-4-6-19-13/h7-8,13H,4-6,9H2,1-3H3,(H2,15,17,20)/b16-8-/t13-/m0/s1. The monoisotopic (exact) mass is 294 g/mol. The van der Waals surface area contributed by atoms with E-state index in [2.05, 4.69) is 40.3 Å². The Morgan fingerprint density at radius 1 is 1.60 bits per heavy atom. The third kappa shape index (κ3) is 3.58. The molecule has 0 radical (unpaired) electrons. The van der Waals surface area contributed by atoms with Gasteiger partial charge in [0.25, 0.3) is 0 Å². The Labute approximate surface area is 125 Å². The van der Waals surface area contributed by atoms with Crippen LogP contribution in [0.4, 0.5) is 0 Å². The van der Waals surface area contributed by atoms with Crippen molar-refractivity contribution in [1.29, 1.82) is 0 Å². The lowest BCUT2D eigenvalue weighted by Gasteiger charge is -2.14. The molecule has 0 amide bonds. The van der Waals surface area contributed by atoms with E-state index >= 15 is 0 Å². The molecule has 0 spiro atoms. The highest BCUT2D eigenvalue weighted by atomic mass is 32.1. The Balaban J connectivity index is 2.05. The van der Waals surface area contributed by atoms with E-state index in [0.29, 0.717) is 11.2 Å². The summed E-state index contributed by atoms with van der Waals surface area (Å²) in [5.74, 6) is 0. The van der Waals surface area contributed by atoms with Gasteiger partial charge in [-0.1, -0.05) is 0 Å². The van der Waals surface area contributed by atoms with E-state index in [1.165, 1.54) is 17.8 Å². The van der Waals surface area contributed by atoms with Crippen LogP contribution in [0.15, 0.2) is 11.2 Å². The molecule has 6 heteroatoms. The smallest absolute Gasteiger partial charge is 0.186 e. The Hall–Kier alpha value is -1.40. The molecule has 2 heterocycles. The maximum absolute atomic E-state index is 5.71. The molecular formula is C14H22N4OS. The first-order valence-corrected chi connectivity index (χ1v) is 7.31. The molecule has 0 saturated carbocycles. The minimum Gasteiger partial charge on any atom is -0.376 e. The maximum Gasteiger partial charge on any atom is 0.186 e. The van der Waals surface area contributed by atoms with Crippen molar-refractivity contribution in [3.05, 3.63) is 23.0 Å². The summed E-state index contributed by atoms with van der Waals surface area (Å²) in [7, 11) is 1.76. The molecule has 1 atom stereocenters. The third-order valence-electron chi connectivity index (χ3n) is 3.62. The van der Waals surface area contributed by atoms with Gasteiger partial charge in [-0.3, -0.25) is 5.43 Å². The predicted octanol–water partition coefficient (Wildman–Crippen LogP) is 1.71. The number of rotatable bonds is 4. The van der Waals surface area contributed by atoms with Crippen LogP contribution in [-0.4, -0.2) is 35.7 Å².